The van der Waals surface area contributed by atoms with Crippen LogP contribution in [0, 0.1) is 5.82 Å². The summed E-state index contributed by atoms with van der Waals surface area (Å²) in [4.78, 5) is 12.6. The summed E-state index contributed by atoms with van der Waals surface area (Å²) in [6.45, 7) is 0. The van der Waals surface area contributed by atoms with Crippen molar-refractivity contribution in [3.63, 3.8) is 0 Å². The number of thioether (sulfide) groups is 1. The number of benzene rings is 3. The third-order valence-corrected chi connectivity index (χ3v) is 5.71. The van der Waals surface area contributed by atoms with E-state index in [1.165, 1.54) is 23.9 Å². The van der Waals surface area contributed by atoms with Gasteiger partial charge in [0.25, 0.3) is 0 Å². The van der Waals surface area contributed by atoms with Crippen molar-refractivity contribution < 1.29 is 9.18 Å². The lowest BCUT2D eigenvalue weighted by Gasteiger charge is -2.10. The predicted octanol–water partition coefficient (Wildman–Crippen LogP) is 5.81. The molecule has 1 aromatic heterocycles. The minimum atomic E-state index is -0.317. The number of halogens is 2. The SMILES string of the molecule is O=C(CSc1nnc(-c2ccccc2)n1-c1ccc(F)cc1)c1ccc(Br)cc1. The van der Waals surface area contributed by atoms with Gasteiger partial charge in [0.15, 0.2) is 16.8 Å². The van der Waals surface area contributed by atoms with Gasteiger partial charge in [0.05, 0.1) is 5.75 Å². The van der Waals surface area contributed by atoms with Crippen LogP contribution in [0.15, 0.2) is 88.5 Å². The first kappa shape index (κ1) is 19.5. The van der Waals surface area contributed by atoms with E-state index in [1.54, 1.807) is 24.3 Å². The van der Waals surface area contributed by atoms with Gasteiger partial charge in [0.2, 0.25) is 0 Å². The van der Waals surface area contributed by atoms with Crippen LogP contribution in [0.3, 0.4) is 0 Å². The minimum absolute atomic E-state index is 0.00239. The van der Waals surface area contributed by atoms with Gasteiger partial charge in [0, 0.05) is 21.3 Å². The van der Waals surface area contributed by atoms with Gasteiger partial charge in [-0.3, -0.25) is 9.36 Å². The van der Waals surface area contributed by atoms with Gasteiger partial charge in [-0.1, -0.05) is 70.2 Å². The van der Waals surface area contributed by atoms with Crippen molar-refractivity contribution >= 4 is 33.5 Å². The second-order valence-corrected chi connectivity index (χ2v) is 8.06. The monoisotopic (exact) mass is 467 g/mol. The summed E-state index contributed by atoms with van der Waals surface area (Å²) < 4.78 is 16.2. The highest BCUT2D eigenvalue weighted by atomic mass is 79.9. The van der Waals surface area contributed by atoms with Crippen LogP contribution < -0.4 is 0 Å². The first-order valence-electron chi connectivity index (χ1n) is 8.80. The molecule has 0 aliphatic heterocycles. The van der Waals surface area contributed by atoms with E-state index in [2.05, 4.69) is 26.1 Å². The molecule has 0 unspecified atom stereocenters. The van der Waals surface area contributed by atoms with Gasteiger partial charge in [-0.15, -0.1) is 10.2 Å². The third-order valence-electron chi connectivity index (χ3n) is 4.25. The van der Waals surface area contributed by atoms with Crippen molar-refractivity contribution in [1.82, 2.24) is 14.8 Å². The maximum absolute atomic E-state index is 13.4. The Morgan fingerprint density at radius 2 is 1.62 bits per heavy atom. The smallest absolute Gasteiger partial charge is 0.196 e. The normalized spacial score (nSPS) is 10.8. The molecule has 0 saturated carbocycles. The number of hydrogen-bond acceptors (Lipinski definition) is 4. The number of rotatable bonds is 6. The molecule has 0 aliphatic carbocycles. The lowest BCUT2D eigenvalue weighted by Crippen LogP contribution is -2.05. The molecule has 0 bridgehead atoms. The molecule has 4 nitrogen and oxygen atoms in total. The topological polar surface area (TPSA) is 47.8 Å². The Balaban J connectivity index is 1.66. The highest BCUT2D eigenvalue weighted by Gasteiger charge is 2.17. The van der Waals surface area contributed by atoms with Gasteiger partial charge >= 0.3 is 0 Å². The number of ketones is 1. The van der Waals surface area contributed by atoms with E-state index in [0.29, 0.717) is 16.5 Å². The molecule has 0 amide bonds. The fraction of sp³-hybridized carbons (Fsp3) is 0.0455. The van der Waals surface area contributed by atoms with E-state index in [4.69, 9.17) is 0 Å². The molecular weight excluding hydrogens is 453 g/mol. The van der Waals surface area contributed by atoms with Crippen molar-refractivity contribution in [1.29, 1.82) is 0 Å². The highest BCUT2D eigenvalue weighted by molar-refractivity contribution is 9.10. The first-order chi connectivity index (χ1) is 14.1. The van der Waals surface area contributed by atoms with Crippen LogP contribution in [0.1, 0.15) is 10.4 Å². The molecule has 0 aliphatic rings. The van der Waals surface area contributed by atoms with E-state index in [0.717, 1.165) is 15.7 Å². The quantitative estimate of drug-likeness (QED) is 0.265. The van der Waals surface area contributed by atoms with E-state index < -0.39 is 0 Å². The molecule has 29 heavy (non-hydrogen) atoms. The molecular formula is C22H15BrFN3OS. The lowest BCUT2D eigenvalue weighted by atomic mass is 10.2. The zero-order valence-corrected chi connectivity index (χ0v) is 17.5. The molecule has 0 radical (unpaired) electrons. The van der Waals surface area contributed by atoms with Crippen LogP contribution in [0.25, 0.3) is 17.1 Å². The second kappa shape index (κ2) is 8.71. The van der Waals surface area contributed by atoms with Gasteiger partial charge in [0.1, 0.15) is 5.82 Å². The van der Waals surface area contributed by atoms with Crippen molar-refractivity contribution in [2.24, 2.45) is 0 Å². The molecule has 0 spiro atoms. The number of nitrogens with zero attached hydrogens (tertiary/aromatic N) is 3. The average Bonchev–Trinajstić information content (AvgIpc) is 3.17. The Labute approximate surface area is 179 Å². The fourth-order valence-electron chi connectivity index (χ4n) is 2.81. The van der Waals surface area contributed by atoms with E-state index >= 15 is 0 Å². The largest absolute Gasteiger partial charge is 0.293 e. The summed E-state index contributed by atoms with van der Waals surface area (Å²) in [6, 6.07) is 23.0. The van der Waals surface area contributed by atoms with Crippen LogP contribution >= 0.6 is 27.7 Å². The predicted molar refractivity (Wildman–Crippen MR) is 116 cm³/mol. The number of hydrogen-bond donors (Lipinski definition) is 0. The zero-order chi connectivity index (χ0) is 20.2. The van der Waals surface area contributed by atoms with Crippen LogP contribution in [-0.4, -0.2) is 26.3 Å². The number of carbonyl (C=O) groups is 1. The van der Waals surface area contributed by atoms with Crippen LogP contribution in [0.4, 0.5) is 4.39 Å². The third kappa shape index (κ3) is 4.46. The number of aromatic nitrogens is 3. The molecule has 4 aromatic rings. The lowest BCUT2D eigenvalue weighted by molar-refractivity contribution is 0.102. The summed E-state index contributed by atoms with van der Waals surface area (Å²) in [7, 11) is 0. The Bertz CT molecular complexity index is 1130. The molecule has 144 valence electrons. The molecule has 0 fully saturated rings. The maximum Gasteiger partial charge on any atom is 0.196 e. The molecule has 3 aromatic carbocycles. The maximum atomic E-state index is 13.4. The summed E-state index contributed by atoms with van der Waals surface area (Å²) in [5.41, 5.74) is 2.25. The van der Waals surface area contributed by atoms with Gasteiger partial charge in [-0.05, 0) is 36.4 Å². The summed E-state index contributed by atoms with van der Waals surface area (Å²) >= 11 is 4.67. The zero-order valence-electron chi connectivity index (χ0n) is 15.1. The van der Waals surface area contributed by atoms with E-state index in [9.17, 15) is 9.18 Å². The van der Waals surface area contributed by atoms with Crippen molar-refractivity contribution in [3.8, 4) is 17.1 Å². The number of carbonyl (C=O) groups excluding carboxylic acids is 1. The standard InChI is InChI=1S/C22H15BrFN3OS/c23-17-8-6-15(7-9-17)20(28)14-29-22-26-25-21(16-4-2-1-3-5-16)27(22)19-12-10-18(24)11-13-19/h1-13H,14H2. The Morgan fingerprint density at radius 1 is 0.931 bits per heavy atom. The Hall–Kier alpha value is -2.77. The summed E-state index contributed by atoms with van der Waals surface area (Å²) in [5, 5.41) is 9.19. The molecule has 0 saturated heterocycles. The van der Waals surface area contributed by atoms with Gasteiger partial charge < -0.3 is 0 Å². The molecule has 0 atom stereocenters. The van der Waals surface area contributed by atoms with Gasteiger partial charge in [-0.2, -0.15) is 0 Å². The van der Waals surface area contributed by atoms with Crippen LogP contribution in [-0.2, 0) is 0 Å². The van der Waals surface area contributed by atoms with Crippen molar-refractivity contribution in [3.05, 3.63) is 94.7 Å². The van der Waals surface area contributed by atoms with Crippen molar-refractivity contribution in [2.45, 2.75) is 5.16 Å². The van der Waals surface area contributed by atoms with Crippen molar-refractivity contribution in [2.75, 3.05) is 5.75 Å². The molecule has 1 heterocycles. The second-order valence-electron chi connectivity index (χ2n) is 6.20. The molecule has 0 N–H and O–H groups in total. The highest BCUT2D eigenvalue weighted by Crippen LogP contribution is 2.28. The van der Waals surface area contributed by atoms with E-state index in [1.807, 2.05) is 47.0 Å². The van der Waals surface area contributed by atoms with Crippen LogP contribution in [0.2, 0.25) is 0 Å². The Morgan fingerprint density at radius 3 is 2.31 bits per heavy atom. The van der Waals surface area contributed by atoms with Crippen LogP contribution in [0.5, 0.6) is 0 Å². The summed E-state index contributed by atoms with van der Waals surface area (Å²) in [6.07, 6.45) is 0. The van der Waals surface area contributed by atoms with E-state index in [-0.39, 0.29) is 17.4 Å². The average molecular weight is 468 g/mol. The van der Waals surface area contributed by atoms with Gasteiger partial charge in [-0.25, -0.2) is 4.39 Å². The fourth-order valence-corrected chi connectivity index (χ4v) is 3.92. The number of Topliss-reactive ketones (excluding diaryl/α,β-unsaturated/α-hetero) is 1. The Kier molecular flexibility index (Phi) is 5.87. The molecule has 7 heteroatoms. The molecule has 4 rings (SSSR count). The summed E-state index contributed by atoms with van der Waals surface area (Å²) in [5.74, 6) is 0.534. The minimum Gasteiger partial charge on any atom is -0.293 e. The first-order valence-corrected chi connectivity index (χ1v) is 10.6.